The number of carbonyl (C=O) groups excluding carboxylic acids is 1. The van der Waals surface area contributed by atoms with E-state index in [2.05, 4.69) is 27.5 Å². The second-order valence-corrected chi connectivity index (χ2v) is 4.00. The van der Waals surface area contributed by atoms with Gasteiger partial charge in [-0.05, 0) is 26.3 Å². The van der Waals surface area contributed by atoms with Crippen LogP contribution in [0.3, 0.4) is 0 Å². The topological polar surface area (TPSA) is 69.8 Å². The Morgan fingerprint density at radius 3 is 3.20 bits per heavy atom. The van der Waals surface area contributed by atoms with Crippen molar-refractivity contribution < 1.29 is 4.79 Å². The van der Waals surface area contributed by atoms with Gasteiger partial charge in [0.05, 0.1) is 0 Å². The Kier molecular flexibility index (Phi) is 3.01. The van der Waals surface area contributed by atoms with Crippen LogP contribution in [0.15, 0.2) is 12.4 Å². The summed E-state index contributed by atoms with van der Waals surface area (Å²) in [6.45, 7) is 3.02. The van der Waals surface area contributed by atoms with E-state index in [0.29, 0.717) is 12.0 Å². The van der Waals surface area contributed by atoms with Crippen LogP contribution >= 0.6 is 0 Å². The smallest absolute Gasteiger partial charge is 0.229 e. The summed E-state index contributed by atoms with van der Waals surface area (Å²) in [5, 5.41) is 6.10. The number of hydrogen-bond acceptors (Lipinski definition) is 3. The number of amides is 1. The zero-order valence-electron chi connectivity index (χ0n) is 8.79. The summed E-state index contributed by atoms with van der Waals surface area (Å²) in [6.07, 6.45) is 5.12. The lowest BCUT2D eigenvalue weighted by Gasteiger charge is -2.26. The Bertz CT molecular complexity index is 322. The maximum atomic E-state index is 11.8. The lowest BCUT2D eigenvalue weighted by atomic mass is 9.92. The molecule has 2 unspecified atom stereocenters. The summed E-state index contributed by atoms with van der Waals surface area (Å²) in [6, 6.07) is 0.422. The van der Waals surface area contributed by atoms with Gasteiger partial charge in [-0.15, -0.1) is 0 Å². The van der Waals surface area contributed by atoms with Crippen LogP contribution in [-0.4, -0.2) is 28.5 Å². The fourth-order valence-electron chi connectivity index (χ4n) is 1.92. The van der Waals surface area contributed by atoms with Gasteiger partial charge in [0.1, 0.15) is 0 Å². The molecule has 1 aliphatic heterocycles. The molecule has 0 radical (unpaired) electrons. The first-order valence-corrected chi connectivity index (χ1v) is 5.29. The van der Waals surface area contributed by atoms with Crippen LogP contribution < -0.4 is 10.6 Å². The Morgan fingerprint density at radius 1 is 1.67 bits per heavy atom. The first-order chi connectivity index (χ1) is 7.25. The van der Waals surface area contributed by atoms with Gasteiger partial charge >= 0.3 is 0 Å². The van der Waals surface area contributed by atoms with Crippen LogP contribution in [0, 0.1) is 5.92 Å². The van der Waals surface area contributed by atoms with E-state index in [4.69, 9.17) is 0 Å². The van der Waals surface area contributed by atoms with Crippen molar-refractivity contribution in [1.29, 1.82) is 0 Å². The summed E-state index contributed by atoms with van der Waals surface area (Å²) >= 11 is 0. The Morgan fingerprint density at radius 2 is 2.53 bits per heavy atom. The van der Waals surface area contributed by atoms with E-state index < -0.39 is 0 Å². The molecule has 2 atom stereocenters. The molecule has 5 nitrogen and oxygen atoms in total. The lowest BCUT2D eigenvalue weighted by Crippen LogP contribution is -2.40. The van der Waals surface area contributed by atoms with Crippen LogP contribution in [0.2, 0.25) is 0 Å². The van der Waals surface area contributed by atoms with Gasteiger partial charge in [0, 0.05) is 24.4 Å². The molecule has 1 saturated heterocycles. The Balaban J connectivity index is 1.90. The van der Waals surface area contributed by atoms with E-state index in [0.717, 1.165) is 19.4 Å². The number of hydrogen-bond donors (Lipinski definition) is 3. The predicted octanol–water partition coefficient (Wildman–Crippen LogP) is 0.736. The highest BCUT2D eigenvalue weighted by Crippen LogP contribution is 2.17. The second-order valence-electron chi connectivity index (χ2n) is 4.00. The summed E-state index contributed by atoms with van der Waals surface area (Å²) in [5.41, 5.74) is 0. The highest BCUT2D eigenvalue weighted by molar-refractivity contribution is 5.91. The lowest BCUT2D eigenvalue weighted by molar-refractivity contribution is -0.120. The molecular formula is C10H16N4O. The largest absolute Gasteiger partial charge is 0.331 e. The maximum Gasteiger partial charge on any atom is 0.229 e. The third-order valence-corrected chi connectivity index (χ3v) is 2.73. The summed E-state index contributed by atoms with van der Waals surface area (Å²) in [7, 11) is 0. The molecule has 5 heteroatoms. The molecule has 2 heterocycles. The average molecular weight is 208 g/mol. The first kappa shape index (κ1) is 10.2. The number of nitrogens with zero attached hydrogens (tertiary/aromatic N) is 1. The standard InChI is InChI=1S/C10H16N4O/c1-7-6-8(2-3-11-7)9(15)14-10-12-4-5-13-10/h4-5,7-8,11H,2-3,6H2,1H3,(H2,12,13,14,15). The summed E-state index contributed by atoms with van der Waals surface area (Å²) in [5.74, 6) is 0.704. The third kappa shape index (κ3) is 2.56. The number of aromatic amines is 1. The molecule has 0 saturated carbocycles. The van der Waals surface area contributed by atoms with Gasteiger partial charge in [-0.3, -0.25) is 10.1 Å². The number of piperidine rings is 1. The zero-order chi connectivity index (χ0) is 10.7. The van der Waals surface area contributed by atoms with Crippen molar-refractivity contribution in [1.82, 2.24) is 15.3 Å². The highest BCUT2D eigenvalue weighted by Gasteiger charge is 2.24. The van der Waals surface area contributed by atoms with E-state index in [1.807, 2.05) is 0 Å². The minimum Gasteiger partial charge on any atom is -0.331 e. The van der Waals surface area contributed by atoms with Crippen molar-refractivity contribution in [2.45, 2.75) is 25.8 Å². The van der Waals surface area contributed by atoms with Gasteiger partial charge in [-0.25, -0.2) is 4.98 Å². The molecule has 82 valence electrons. The number of rotatable bonds is 2. The molecule has 0 aliphatic carbocycles. The summed E-state index contributed by atoms with van der Waals surface area (Å²) < 4.78 is 0. The molecule has 1 amide bonds. The quantitative estimate of drug-likeness (QED) is 0.671. The van der Waals surface area contributed by atoms with Crippen LogP contribution in [0.1, 0.15) is 19.8 Å². The van der Waals surface area contributed by atoms with Gasteiger partial charge < -0.3 is 10.3 Å². The molecule has 15 heavy (non-hydrogen) atoms. The van der Waals surface area contributed by atoms with Gasteiger partial charge in [-0.1, -0.05) is 0 Å². The average Bonchev–Trinajstić information content (AvgIpc) is 2.70. The first-order valence-electron chi connectivity index (χ1n) is 5.29. The van der Waals surface area contributed by atoms with Crippen LogP contribution in [0.4, 0.5) is 5.95 Å². The molecule has 2 rings (SSSR count). The molecule has 3 N–H and O–H groups in total. The molecule has 0 aromatic carbocycles. The highest BCUT2D eigenvalue weighted by atomic mass is 16.2. The Hall–Kier alpha value is -1.36. The van der Waals surface area contributed by atoms with Crippen LogP contribution in [-0.2, 0) is 4.79 Å². The molecule has 0 spiro atoms. The van der Waals surface area contributed by atoms with Crippen molar-refractivity contribution in [3.63, 3.8) is 0 Å². The normalized spacial score (nSPS) is 26.2. The van der Waals surface area contributed by atoms with E-state index in [-0.39, 0.29) is 11.8 Å². The maximum absolute atomic E-state index is 11.8. The van der Waals surface area contributed by atoms with Crippen molar-refractivity contribution in [2.75, 3.05) is 11.9 Å². The third-order valence-electron chi connectivity index (χ3n) is 2.73. The van der Waals surface area contributed by atoms with E-state index in [1.165, 1.54) is 0 Å². The number of H-pyrrole nitrogens is 1. The molecular weight excluding hydrogens is 192 g/mol. The number of aromatic nitrogens is 2. The van der Waals surface area contributed by atoms with Crippen LogP contribution in [0.25, 0.3) is 0 Å². The number of imidazole rings is 1. The van der Waals surface area contributed by atoms with Crippen LogP contribution in [0.5, 0.6) is 0 Å². The van der Waals surface area contributed by atoms with Gasteiger partial charge in [0.25, 0.3) is 0 Å². The fraction of sp³-hybridized carbons (Fsp3) is 0.600. The summed E-state index contributed by atoms with van der Waals surface area (Å²) in [4.78, 5) is 18.6. The predicted molar refractivity (Wildman–Crippen MR) is 57.4 cm³/mol. The van der Waals surface area contributed by atoms with Crippen molar-refractivity contribution >= 4 is 11.9 Å². The second kappa shape index (κ2) is 4.44. The monoisotopic (exact) mass is 208 g/mol. The van der Waals surface area contributed by atoms with E-state index in [9.17, 15) is 4.79 Å². The minimum absolute atomic E-state index is 0.0679. The van der Waals surface area contributed by atoms with Crippen molar-refractivity contribution in [3.05, 3.63) is 12.4 Å². The minimum atomic E-state index is 0.0679. The molecule has 1 fully saturated rings. The number of anilines is 1. The van der Waals surface area contributed by atoms with E-state index in [1.54, 1.807) is 12.4 Å². The molecule has 1 aliphatic rings. The zero-order valence-corrected chi connectivity index (χ0v) is 8.79. The fourth-order valence-corrected chi connectivity index (χ4v) is 1.92. The number of carbonyl (C=O) groups is 1. The van der Waals surface area contributed by atoms with Crippen molar-refractivity contribution in [3.8, 4) is 0 Å². The van der Waals surface area contributed by atoms with E-state index >= 15 is 0 Å². The molecule has 0 bridgehead atoms. The molecule has 1 aromatic heterocycles. The molecule has 1 aromatic rings. The van der Waals surface area contributed by atoms with Crippen molar-refractivity contribution in [2.24, 2.45) is 5.92 Å². The Labute approximate surface area is 88.7 Å². The van der Waals surface area contributed by atoms with Gasteiger partial charge in [-0.2, -0.15) is 0 Å². The van der Waals surface area contributed by atoms with Gasteiger partial charge in [0.2, 0.25) is 11.9 Å². The SMILES string of the molecule is CC1CC(C(=O)Nc2ncc[nH]2)CCN1. The number of nitrogens with one attached hydrogen (secondary N) is 3. The van der Waals surface area contributed by atoms with Gasteiger partial charge in [0.15, 0.2) is 0 Å².